The van der Waals surface area contributed by atoms with E-state index in [1.54, 1.807) is 0 Å². The van der Waals surface area contributed by atoms with Crippen molar-refractivity contribution in [3.8, 4) is 0 Å². The zero-order valence-corrected chi connectivity index (χ0v) is 8.90. The van der Waals surface area contributed by atoms with Gasteiger partial charge in [-0.05, 0) is 12.8 Å². The minimum atomic E-state index is -3.45. The molecule has 0 aromatic carbocycles. The third-order valence-electron chi connectivity index (χ3n) is 1.99. The van der Waals surface area contributed by atoms with Crippen LogP contribution in [0.15, 0.2) is 11.2 Å². The highest BCUT2D eigenvalue weighted by molar-refractivity contribution is 7.89. The van der Waals surface area contributed by atoms with Crippen LogP contribution in [0.25, 0.3) is 0 Å². The minimum absolute atomic E-state index is 0.0828. The molecule has 1 aromatic rings. The number of aromatic amines is 1. The van der Waals surface area contributed by atoms with Crippen LogP contribution < -0.4 is 4.72 Å². The van der Waals surface area contributed by atoms with E-state index in [4.69, 9.17) is 11.6 Å². The van der Waals surface area contributed by atoms with Crippen LogP contribution in [0.5, 0.6) is 0 Å². The summed E-state index contributed by atoms with van der Waals surface area (Å²) < 4.78 is 25.9. The first-order valence-corrected chi connectivity index (χ1v) is 6.26. The Morgan fingerprint density at radius 1 is 1.64 bits per heavy atom. The monoisotopic (exact) mass is 235 g/mol. The van der Waals surface area contributed by atoms with Crippen molar-refractivity contribution in [3.63, 3.8) is 0 Å². The fraction of sp³-hybridized carbons (Fsp3) is 0.571. The number of alkyl halides is 1. The molecule has 1 aromatic heterocycles. The molecule has 2 N–H and O–H groups in total. The number of H-pyrrole nitrogens is 1. The first kappa shape index (κ1) is 9.95. The van der Waals surface area contributed by atoms with E-state index in [1.807, 2.05) is 0 Å². The summed E-state index contributed by atoms with van der Waals surface area (Å²) in [6, 6.07) is 0.0893. The van der Waals surface area contributed by atoms with E-state index >= 15 is 0 Å². The van der Waals surface area contributed by atoms with Crippen molar-refractivity contribution < 1.29 is 8.42 Å². The van der Waals surface area contributed by atoms with Gasteiger partial charge in [0.15, 0.2) is 5.03 Å². The van der Waals surface area contributed by atoms with Crippen LogP contribution in [0.4, 0.5) is 0 Å². The molecule has 14 heavy (non-hydrogen) atoms. The third-order valence-corrected chi connectivity index (χ3v) is 3.81. The minimum Gasteiger partial charge on any atom is -0.266 e. The van der Waals surface area contributed by atoms with Crippen molar-refractivity contribution in [1.29, 1.82) is 0 Å². The van der Waals surface area contributed by atoms with Gasteiger partial charge in [-0.25, -0.2) is 13.1 Å². The van der Waals surface area contributed by atoms with Crippen molar-refractivity contribution in [2.45, 2.75) is 29.8 Å². The predicted molar refractivity (Wildman–Crippen MR) is 51.5 cm³/mol. The van der Waals surface area contributed by atoms with Crippen LogP contribution in [0.1, 0.15) is 18.4 Å². The Labute approximate surface area is 86.9 Å². The summed E-state index contributed by atoms with van der Waals surface area (Å²) in [7, 11) is -3.45. The number of aromatic nitrogens is 2. The molecule has 0 atom stereocenters. The second-order valence-electron chi connectivity index (χ2n) is 3.25. The van der Waals surface area contributed by atoms with Crippen molar-refractivity contribution in [2.24, 2.45) is 0 Å². The number of sulfonamides is 1. The molecule has 5 nitrogen and oxygen atoms in total. The molecule has 1 saturated carbocycles. The first-order chi connectivity index (χ1) is 6.63. The van der Waals surface area contributed by atoms with E-state index < -0.39 is 10.0 Å². The smallest absolute Gasteiger partial charge is 0.258 e. The van der Waals surface area contributed by atoms with Crippen LogP contribution in [-0.4, -0.2) is 24.7 Å². The number of halogens is 1. The van der Waals surface area contributed by atoms with Gasteiger partial charge in [0, 0.05) is 11.6 Å². The van der Waals surface area contributed by atoms with Gasteiger partial charge in [0.25, 0.3) is 10.0 Å². The Bertz CT molecular complexity index is 424. The summed E-state index contributed by atoms with van der Waals surface area (Å²) in [6.07, 6.45) is 3.24. The maximum atomic E-state index is 11.7. The lowest BCUT2D eigenvalue weighted by Crippen LogP contribution is -2.26. The van der Waals surface area contributed by atoms with Crippen molar-refractivity contribution in [2.75, 3.05) is 0 Å². The Balaban J connectivity index is 2.27. The van der Waals surface area contributed by atoms with Gasteiger partial charge in [0.1, 0.15) is 0 Å². The average molecular weight is 236 g/mol. The fourth-order valence-corrected chi connectivity index (χ4v) is 2.82. The summed E-state index contributed by atoms with van der Waals surface area (Å²) in [5, 5.41) is 6.19. The molecule has 0 spiro atoms. The second kappa shape index (κ2) is 3.52. The highest BCUT2D eigenvalue weighted by atomic mass is 35.5. The number of nitrogens with one attached hydrogen (secondary N) is 2. The molecular formula is C7H10ClN3O2S. The lowest BCUT2D eigenvalue weighted by molar-refractivity contribution is 0.576. The highest BCUT2D eigenvalue weighted by Crippen LogP contribution is 2.22. The Hall–Kier alpha value is -0.590. The summed E-state index contributed by atoms with van der Waals surface area (Å²) >= 11 is 5.58. The zero-order chi connectivity index (χ0) is 10.2. The van der Waals surface area contributed by atoms with E-state index in [2.05, 4.69) is 14.9 Å². The lowest BCUT2D eigenvalue weighted by atomic mass is 10.4. The molecule has 7 heteroatoms. The van der Waals surface area contributed by atoms with Crippen LogP contribution in [0, 0.1) is 0 Å². The van der Waals surface area contributed by atoms with Gasteiger partial charge in [-0.15, -0.1) is 11.6 Å². The molecule has 0 amide bonds. The summed E-state index contributed by atoms with van der Waals surface area (Å²) in [5.41, 5.74) is 0.500. The molecule has 1 heterocycles. The SMILES string of the molecule is O=S(=O)(NC1CC1)c1[nH]ncc1CCl. The van der Waals surface area contributed by atoms with Gasteiger partial charge < -0.3 is 0 Å². The molecule has 0 radical (unpaired) electrons. The van der Waals surface area contributed by atoms with Crippen LogP contribution in [0.2, 0.25) is 0 Å². The molecule has 0 unspecified atom stereocenters. The quantitative estimate of drug-likeness (QED) is 0.750. The van der Waals surface area contributed by atoms with Crippen LogP contribution in [0.3, 0.4) is 0 Å². The molecule has 78 valence electrons. The van der Waals surface area contributed by atoms with Crippen LogP contribution >= 0.6 is 11.6 Å². The Kier molecular flexibility index (Phi) is 2.50. The molecule has 0 bridgehead atoms. The number of hydrogen-bond acceptors (Lipinski definition) is 3. The van der Waals surface area contributed by atoms with Gasteiger partial charge in [-0.3, -0.25) is 5.10 Å². The van der Waals surface area contributed by atoms with Crippen molar-refractivity contribution in [3.05, 3.63) is 11.8 Å². The van der Waals surface area contributed by atoms with Gasteiger partial charge in [-0.2, -0.15) is 5.10 Å². The van der Waals surface area contributed by atoms with Crippen molar-refractivity contribution >= 4 is 21.6 Å². The van der Waals surface area contributed by atoms with Gasteiger partial charge in [-0.1, -0.05) is 0 Å². The standard InChI is InChI=1S/C7H10ClN3O2S/c8-3-5-4-9-10-7(5)14(12,13)11-6-1-2-6/h4,6,11H,1-3H2,(H,9,10). The van der Waals surface area contributed by atoms with E-state index in [1.165, 1.54) is 6.20 Å². The van der Waals surface area contributed by atoms with Gasteiger partial charge in [0.2, 0.25) is 0 Å². The maximum Gasteiger partial charge on any atom is 0.258 e. The molecule has 0 aliphatic heterocycles. The van der Waals surface area contributed by atoms with E-state index in [0.717, 1.165) is 12.8 Å². The fourth-order valence-electron chi connectivity index (χ4n) is 1.11. The molecule has 1 fully saturated rings. The first-order valence-electron chi connectivity index (χ1n) is 4.24. The van der Waals surface area contributed by atoms with E-state index in [9.17, 15) is 8.42 Å². The largest absolute Gasteiger partial charge is 0.266 e. The topological polar surface area (TPSA) is 74.8 Å². The molecule has 1 aliphatic rings. The van der Waals surface area contributed by atoms with E-state index in [-0.39, 0.29) is 16.9 Å². The molecular weight excluding hydrogens is 226 g/mol. The Morgan fingerprint density at radius 2 is 2.36 bits per heavy atom. The second-order valence-corrected chi connectivity index (χ2v) is 5.17. The van der Waals surface area contributed by atoms with Crippen molar-refractivity contribution in [1.82, 2.24) is 14.9 Å². The highest BCUT2D eigenvalue weighted by Gasteiger charge is 2.30. The number of rotatable bonds is 4. The third kappa shape index (κ3) is 1.92. The predicted octanol–water partition coefficient (Wildman–Crippen LogP) is 0.589. The molecule has 0 saturated heterocycles. The Morgan fingerprint density at radius 3 is 2.93 bits per heavy atom. The van der Waals surface area contributed by atoms with Gasteiger partial charge in [0.05, 0.1) is 12.1 Å². The summed E-state index contributed by atoms with van der Waals surface area (Å²) in [6.45, 7) is 0. The molecule has 2 rings (SSSR count). The van der Waals surface area contributed by atoms with E-state index in [0.29, 0.717) is 5.56 Å². The number of hydrogen-bond donors (Lipinski definition) is 2. The summed E-state index contributed by atoms with van der Waals surface area (Å²) in [5.74, 6) is 0.136. The van der Waals surface area contributed by atoms with Gasteiger partial charge >= 0.3 is 0 Å². The number of nitrogens with zero attached hydrogens (tertiary/aromatic N) is 1. The lowest BCUT2D eigenvalue weighted by Gasteiger charge is -2.03. The zero-order valence-electron chi connectivity index (χ0n) is 7.33. The molecule has 1 aliphatic carbocycles. The van der Waals surface area contributed by atoms with Crippen LogP contribution in [-0.2, 0) is 15.9 Å². The normalized spacial score (nSPS) is 17.2. The maximum absolute atomic E-state index is 11.7. The average Bonchev–Trinajstić information content (AvgIpc) is 2.80. The summed E-state index contributed by atoms with van der Waals surface area (Å²) in [4.78, 5) is 0.